The number of anilines is 3. The van der Waals surface area contributed by atoms with Crippen LogP contribution in [0.4, 0.5) is 17.1 Å². The van der Waals surface area contributed by atoms with Gasteiger partial charge in [0.05, 0.1) is 18.8 Å². The van der Waals surface area contributed by atoms with Gasteiger partial charge in [-0.1, -0.05) is 18.2 Å². The van der Waals surface area contributed by atoms with Crippen molar-refractivity contribution in [2.24, 2.45) is 0 Å². The Bertz CT molecular complexity index is 904. The fourth-order valence-electron chi connectivity index (χ4n) is 3.74. The number of amides is 1. The maximum atomic E-state index is 12.2. The molecule has 1 amide bonds. The molecule has 0 aromatic heterocycles. The third-order valence-electron chi connectivity index (χ3n) is 5.39. The van der Waals surface area contributed by atoms with Crippen molar-refractivity contribution in [1.82, 2.24) is 4.90 Å². The van der Waals surface area contributed by atoms with E-state index in [1.807, 2.05) is 30.3 Å². The van der Waals surface area contributed by atoms with Crippen LogP contribution in [0.1, 0.15) is 17.5 Å². The van der Waals surface area contributed by atoms with Crippen molar-refractivity contribution in [2.45, 2.75) is 13.3 Å². The lowest BCUT2D eigenvalue weighted by atomic mass is 10.1. The van der Waals surface area contributed by atoms with Crippen LogP contribution in [0.25, 0.3) is 5.57 Å². The number of nitrogens with one attached hydrogen (secondary N) is 3. The van der Waals surface area contributed by atoms with E-state index < -0.39 is 0 Å². The van der Waals surface area contributed by atoms with Crippen molar-refractivity contribution in [3.63, 3.8) is 0 Å². The Kier molecular flexibility index (Phi) is 6.12. The predicted molar refractivity (Wildman–Crippen MR) is 118 cm³/mol. The lowest BCUT2D eigenvalue weighted by Gasteiger charge is -2.26. The highest BCUT2D eigenvalue weighted by atomic mass is 16.5. The number of ether oxygens (including phenoxy) is 1. The summed E-state index contributed by atoms with van der Waals surface area (Å²) < 4.78 is 5.39. The Morgan fingerprint density at radius 1 is 1.17 bits per heavy atom. The second-order valence-corrected chi connectivity index (χ2v) is 7.47. The standard InChI is InChI=1S/C23H28N4O2/c1-17-15-18(25-16-20-19-5-2-3-6-22(19)26-23(20)28)7-8-21(17)24-9-4-10-27-11-13-29-14-12-27/h2-3,5-8,15-16,24-25H,4,9-14H2,1H3,(H,26,28). The van der Waals surface area contributed by atoms with Gasteiger partial charge in [-0.15, -0.1) is 0 Å². The molecule has 0 saturated carbocycles. The fourth-order valence-corrected chi connectivity index (χ4v) is 3.74. The molecular weight excluding hydrogens is 364 g/mol. The minimum absolute atomic E-state index is 0.0750. The van der Waals surface area contributed by atoms with Crippen LogP contribution in [-0.2, 0) is 9.53 Å². The minimum atomic E-state index is -0.0750. The van der Waals surface area contributed by atoms with Crippen LogP contribution in [0.2, 0.25) is 0 Å². The molecule has 2 heterocycles. The largest absolute Gasteiger partial charge is 0.385 e. The second kappa shape index (κ2) is 9.11. The van der Waals surface area contributed by atoms with Crippen LogP contribution in [0.5, 0.6) is 0 Å². The molecule has 29 heavy (non-hydrogen) atoms. The Labute approximate surface area is 171 Å². The highest BCUT2D eigenvalue weighted by Gasteiger charge is 2.23. The highest BCUT2D eigenvalue weighted by Crippen LogP contribution is 2.31. The van der Waals surface area contributed by atoms with Gasteiger partial charge in [0.1, 0.15) is 0 Å². The van der Waals surface area contributed by atoms with Gasteiger partial charge in [-0.3, -0.25) is 9.69 Å². The summed E-state index contributed by atoms with van der Waals surface area (Å²) in [6, 6.07) is 14.0. The summed E-state index contributed by atoms with van der Waals surface area (Å²) in [5.74, 6) is -0.0750. The summed E-state index contributed by atoms with van der Waals surface area (Å²) >= 11 is 0. The number of morpholine rings is 1. The normalized spacial score (nSPS) is 17.8. The summed E-state index contributed by atoms with van der Waals surface area (Å²) in [6.07, 6.45) is 2.89. The molecule has 6 heteroatoms. The number of fused-ring (bicyclic) bond motifs is 1. The zero-order valence-electron chi connectivity index (χ0n) is 16.8. The van der Waals surface area contributed by atoms with Crippen LogP contribution in [0.15, 0.2) is 48.7 Å². The molecule has 152 valence electrons. The van der Waals surface area contributed by atoms with Gasteiger partial charge in [0.2, 0.25) is 0 Å². The number of nitrogens with zero attached hydrogens (tertiary/aromatic N) is 1. The average molecular weight is 393 g/mol. The summed E-state index contributed by atoms with van der Waals surface area (Å²) in [5, 5.41) is 9.69. The zero-order chi connectivity index (χ0) is 20.1. The number of benzene rings is 2. The average Bonchev–Trinajstić information content (AvgIpc) is 3.06. The Hall–Kier alpha value is -2.83. The number of carbonyl (C=O) groups excluding carboxylic acids is 1. The molecule has 3 N–H and O–H groups in total. The van der Waals surface area contributed by atoms with E-state index in [2.05, 4.69) is 39.9 Å². The van der Waals surface area contributed by atoms with E-state index in [1.165, 1.54) is 5.56 Å². The van der Waals surface area contributed by atoms with Crippen LogP contribution in [0.3, 0.4) is 0 Å². The molecule has 2 aromatic rings. The SMILES string of the molecule is Cc1cc(NC=C2C(=O)Nc3ccccc32)ccc1NCCCN1CCOCC1. The number of hydrogen-bond donors (Lipinski definition) is 3. The molecule has 4 rings (SSSR count). The molecule has 2 aliphatic heterocycles. The Morgan fingerprint density at radius 2 is 2.00 bits per heavy atom. The third kappa shape index (κ3) is 4.78. The molecule has 0 spiro atoms. The number of carbonyl (C=O) groups is 1. The molecule has 0 aliphatic carbocycles. The number of rotatable bonds is 7. The molecule has 2 aromatic carbocycles. The molecule has 0 atom stereocenters. The quantitative estimate of drug-likeness (QED) is 0.497. The smallest absolute Gasteiger partial charge is 0.257 e. The Morgan fingerprint density at radius 3 is 2.83 bits per heavy atom. The molecule has 0 radical (unpaired) electrons. The van der Waals surface area contributed by atoms with Crippen molar-refractivity contribution >= 4 is 28.5 Å². The zero-order valence-corrected chi connectivity index (χ0v) is 16.8. The summed E-state index contributed by atoms with van der Waals surface area (Å²) in [5.41, 5.74) is 5.73. The topological polar surface area (TPSA) is 65.6 Å². The number of aryl methyl sites for hydroxylation is 1. The van der Waals surface area contributed by atoms with Crippen LogP contribution in [0, 0.1) is 6.92 Å². The first kappa shape index (κ1) is 19.5. The summed E-state index contributed by atoms with van der Waals surface area (Å²) in [4.78, 5) is 14.6. The van der Waals surface area contributed by atoms with E-state index in [4.69, 9.17) is 4.74 Å². The van der Waals surface area contributed by atoms with Crippen LogP contribution >= 0.6 is 0 Å². The van der Waals surface area contributed by atoms with Gasteiger partial charge in [0, 0.05) is 48.5 Å². The first-order valence-electron chi connectivity index (χ1n) is 10.2. The van der Waals surface area contributed by atoms with Crippen molar-refractivity contribution < 1.29 is 9.53 Å². The maximum absolute atomic E-state index is 12.2. The van der Waals surface area contributed by atoms with Gasteiger partial charge in [0.25, 0.3) is 5.91 Å². The Balaban J connectivity index is 1.31. The second-order valence-electron chi connectivity index (χ2n) is 7.47. The summed E-state index contributed by atoms with van der Waals surface area (Å²) in [6.45, 7) is 7.93. The minimum Gasteiger partial charge on any atom is -0.385 e. The first-order valence-corrected chi connectivity index (χ1v) is 10.2. The van der Waals surface area contributed by atoms with E-state index in [1.54, 1.807) is 6.20 Å². The third-order valence-corrected chi connectivity index (χ3v) is 5.39. The van der Waals surface area contributed by atoms with Gasteiger partial charge in [-0.25, -0.2) is 0 Å². The van der Waals surface area contributed by atoms with E-state index >= 15 is 0 Å². The molecule has 0 unspecified atom stereocenters. The fraction of sp³-hybridized carbons (Fsp3) is 0.348. The maximum Gasteiger partial charge on any atom is 0.257 e. The predicted octanol–water partition coefficient (Wildman–Crippen LogP) is 3.53. The van der Waals surface area contributed by atoms with Gasteiger partial charge < -0.3 is 20.7 Å². The molecule has 6 nitrogen and oxygen atoms in total. The van der Waals surface area contributed by atoms with Crippen molar-refractivity contribution in [3.05, 3.63) is 59.8 Å². The van der Waals surface area contributed by atoms with E-state index in [0.29, 0.717) is 5.57 Å². The molecule has 1 saturated heterocycles. The molecular formula is C23H28N4O2. The van der Waals surface area contributed by atoms with E-state index in [0.717, 1.165) is 68.4 Å². The van der Waals surface area contributed by atoms with Gasteiger partial charge in [-0.2, -0.15) is 0 Å². The monoisotopic (exact) mass is 392 g/mol. The van der Waals surface area contributed by atoms with Crippen molar-refractivity contribution in [1.29, 1.82) is 0 Å². The lowest BCUT2D eigenvalue weighted by Crippen LogP contribution is -2.37. The van der Waals surface area contributed by atoms with Gasteiger partial charge >= 0.3 is 0 Å². The van der Waals surface area contributed by atoms with Crippen molar-refractivity contribution in [3.8, 4) is 0 Å². The number of para-hydroxylation sites is 1. The highest BCUT2D eigenvalue weighted by molar-refractivity contribution is 6.31. The molecule has 2 aliphatic rings. The number of hydrogen-bond acceptors (Lipinski definition) is 5. The molecule has 1 fully saturated rings. The van der Waals surface area contributed by atoms with Crippen LogP contribution in [-0.4, -0.2) is 50.2 Å². The van der Waals surface area contributed by atoms with Crippen molar-refractivity contribution in [2.75, 3.05) is 55.3 Å². The van der Waals surface area contributed by atoms with E-state index in [-0.39, 0.29) is 5.91 Å². The van der Waals surface area contributed by atoms with Gasteiger partial charge in [0.15, 0.2) is 0 Å². The summed E-state index contributed by atoms with van der Waals surface area (Å²) in [7, 11) is 0. The lowest BCUT2D eigenvalue weighted by molar-refractivity contribution is -0.110. The van der Waals surface area contributed by atoms with Crippen LogP contribution < -0.4 is 16.0 Å². The van der Waals surface area contributed by atoms with E-state index in [9.17, 15) is 4.79 Å². The molecule has 0 bridgehead atoms. The van der Waals surface area contributed by atoms with Gasteiger partial charge in [-0.05, 0) is 49.7 Å². The first-order chi connectivity index (χ1) is 14.2.